The average Bonchev–Trinajstić information content (AvgIpc) is 3.34. The van der Waals surface area contributed by atoms with Crippen LogP contribution in [0.3, 0.4) is 0 Å². The van der Waals surface area contributed by atoms with Crippen LogP contribution in [0.1, 0.15) is 32.5 Å². The van der Waals surface area contributed by atoms with Crippen LogP contribution in [0.5, 0.6) is 0 Å². The zero-order valence-electron chi connectivity index (χ0n) is 24.3. The molecular formula is C27H30Cl4KN4O6S2+. The number of fused-ring (bicyclic) bond motifs is 2. The Bertz CT molecular complexity index is 1830. The number of hydrogen-bond donors (Lipinski definition) is 1. The van der Waals surface area contributed by atoms with Crippen molar-refractivity contribution in [2.24, 2.45) is 0 Å². The summed E-state index contributed by atoms with van der Waals surface area (Å²) in [6, 6.07) is 6.93. The van der Waals surface area contributed by atoms with E-state index >= 15 is 0 Å². The number of anilines is 2. The molecule has 0 spiro atoms. The quantitative estimate of drug-likeness (QED) is 0.170. The van der Waals surface area contributed by atoms with Gasteiger partial charge in [0.25, 0.3) is 15.9 Å². The van der Waals surface area contributed by atoms with Gasteiger partial charge in [-0.1, -0.05) is 52.5 Å². The molecule has 0 amide bonds. The van der Waals surface area contributed by atoms with Crippen molar-refractivity contribution in [2.75, 3.05) is 34.4 Å². The summed E-state index contributed by atoms with van der Waals surface area (Å²) in [5, 5.41) is 1.43. The third-order valence-corrected chi connectivity index (χ3v) is 10.0. The van der Waals surface area contributed by atoms with Crippen LogP contribution in [-0.4, -0.2) is 55.1 Å². The number of aromatic nitrogens is 2. The fraction of sp³-hybridized carbons (Fsp3) is 0.370. The molecule has 17 heteroatoms. The smallest absolute Gasteiger partial charge is 0.748 e. The van der Waals surface area contributed by atoms with E-state index in [0.717, 1.165) is 34.1 Å². The topological polar surface area (TPSA) is 127 Å². The van der Waals surface area contributed by atoms with E-state index in [9.17, 15) is 25.9 Å². The van der Waals surface area contributed by atoms with Crippen molar-refractivity contribution in [1.82, 2.24) is 4.57 Å². The molecule has 234 valence electrons. The van der Waals surface area contributed by atoms with Crippen molar-refractivity contribution in [3.63, 3.8) is 0 Å². The molecule has 2 heterocycles. The van der Waals surface area contributed by atoms with E-state index in [0.29, 0.717) is 33.2 Å². The molecule has 0 unspecified atom stereocenters. The number of hydrogen-bond acceptors (Lipinski definition) is 7. The maximum Gasteiger partial charge on any atom is 1.00 e. The summed E-state index contributed by atoms with van der Waals surface area (Å²) in [7, 11) is -8.54. The fourth-order valence-corrected chi connectivity index (χ4v) is 6.83. The van der Waals surface area contributed by atoms with Crippen molar-refractivity contribution in [1.29, 1.82) is 0 Å². The van der Waals surface area contributed by atoms with Gasteiger partial charge in [-0.25, -0.2) is 17.6 Å². The van der Waals surface area contributed by atoms with Crippen LogP contribution in [0.25, 0.3) is 17.1 Å². The minimum Gasteiger partial charge on any atom is -0.748 e. The molecule has 1 aliphatic heterocycles. The second-order valence-corrected chi connectivity index (χ2v) is 14.5. The van der Waals surface area contributed by atoms with Crippen LogP contribution in [0.4, 0.5) is 11.4 Å². The van der Waals surface area contributed by atoms with E-state index in [-0.39, 0.29) is 77.3 Å². The van der Waals surface area contributed by atoms with Crippen molar-refractivity contribution in [2.45, 2.75) is 39.8 Å². The molecule has 3 aromatic rings. The largest absolute Gasteiger partial charge is 1.00 e. The number of halogens is 4. The van der Waals surface area contributed by atoms with Gasteiger partial charge in [0.2, 0.25) is 0 Å². The van der Waals surface area contributed by atoms with Crippen LogP contribution < -0.4 is 65.8 Å². The molecule has 1 aromatic heterocycles. The first-order chi connectivity index (χ1) is 20.1. The first-order valence-corrected chi connectivity index (χ1v) is 18.1. The van der Waals surface area contributed by atoms with Gasteiger partial charge < -0.3 is 14.4 Å². The van der Waals surface area contributed by atoms with E-state index in [1.165, 1.54) is 0 Å². The standard InChI is InChI=1S/C27H30Cl4N4O6S2.K/c1-3-32-22-14-18(28)20(30)16-24(22)34(10-6-12-42(36,37)38)26(32)8-5-9-27-33(4-2)23-15-19(29)21(31)17-25(23)35(27)11-7-13-43(39,40)41;/h5,8-9,14-17H,3-4,6-7,10-13H2,1-2H3,(H-,36,37,38,39,40,41);/q;+1. The molecule has 10 nitrogen and oxygen atoms in total. The number of nitrogens with zero attached hydrogens (tertiary/aromatic N) is 4. The van der Waals surface area contributed by atoms with Gasteiger partial charge in [0.15, 0.2) is 11.0 Å². The minimum atomic E-state index is -4.39. The minimum absolute atomic E-state index is 0. The second kappa shape index (κ2) is 15.7. The van der Waals surface area contributed by atoms with E-state index < -0.39 is 31.7 Å². The van der Waals surface area contributed by atoms with Gasteiger partial charge in [0.1, 0.15) is 5.82 Å². The van der Waals surface area contributed by atoms with Crippen molar-refractivity contribution in [3.05, 3.63) is 68.2 Å². The molecule has 1 aliphatic rings. The van der Waals surface area contributed by atoms with E-state index in [1.54, 1.807) is 24.3 Å². The summed E-state index contributed by atoms with van der Waals surface area (Å²) < 4.78 is 69.9. The number of rotatable bonds is 12. The second-order valence-electron chi connectivity index (χ2n) is 9.80. The Morgan fingerprint density at radius 3 is 2.02 bits per heavy atom. The van der Waals surface area contributed by atoms with Crippen LogP contribution >= 0.6 is 46.4 Å². The normalized spacial score (nSPS) is 14.7. The molecule has 0 saturated carbocycles. The van der Waals surface area contributed by atoms with E-state index in [1.807, 2.05) is 51.0 Å². The van der Waals surface area contributed by atoms with Crippen LogP contribution in [0.2, 0.25) is 20.1 Å². The van der Waals surface area contributed by atoms with Gasteiger partial charge in [-0.2, -0.15) is 8.42 Å². The molecule has 0 atom stereocenters. The van der Waals surface area contributed by atoms with Gasteiger partial charge in [-0.15, -0.1) is 0 Å². The fourth-order valence-electron chi connectivity index (χ4n) is 5.22. The summed E-state index contributed by atoms with van der Waals surface area (Å²) in [5.41, 5.74) is 3.05. The molecule has 0 aliphatic carbocycles. The number of aryl methyl sites for hydroxylation is 2. The number of benzene rings is 2. The first-order valence-electron chi connectivity index (χ1n) is 13.4. The van der Waals surface area contributed by atoms with Gasteiger partial charge in [0, 0.05) is 37.1 Å². The Kier molecular flexibility index (Phi) is 13.6. The average molecular weight is 752 g/mol. The Morgan fingerprint density at radius 2 is 1.45 bits per heavy atom. The molecule has 2 aromatic carbocycles. The molecule has 0 saturated heterocycles. The van der Waals surface area contributed by atoms with Gasteiger partial charge in [-0.05, 0) is 44.9 Å². The Hall–Kier alpha value is -0.394. The SMILES string of the molecule is CCN1/C(=C\C=C\c2n(CC)c3cc(Cl)c(Cl)cc3[n+]2CCCS(=O)(=O)[O-])N(CCCS(=O)(=O)O)c2cc(Cl)c(Cl)cc21.[K+]. The van der Waals surface area contributed by atoms with Crippen molar-refractivity contribution in [3.8, 4) is 0 Å². The Balaban J connectivity index is 0.00000529. The summed E-state index contributed by atoms with van der Waals surface area (Å²) >= 11 is 25.3. The summed E-state index contributed by atoms with van der Waals surface area (Å²) in [6.45, 7) is 5.56. The molecular weight excluding hydrogens is 721 g/mol. The van der Waals surface area contributed by atoms with Crippen molar-refractivity contribution >= 4 is 95.1 Å². The zero-order chi connectivity index (χ0) is 31.7. The Labute approximate surface area is 320 Å². The molecule has 0 fully saturated rings. The number of allylic oxidation sites excluding steroid dienone is 2. The summed E-state index contributed by atoms with van der Waals surface area (Å²) in [4.78, 5) is 3.93. The van der Waals surface area contributed by atoms with Crippen molar-refractivity contribution < 1.29 is 81.9 Å². The molecule has 1 N–H and O–H groups in total. The summed E-state index contributed by atoms with van der Waals surface area (Å²) in [5.74, 6) is 0.534. The van der Waals surface area contributed by atoms with Crippen LogP contribution in [-0.2, 0) is 33.3 Å². The monoisotopic (exact) mass is 749 g/mol. The predicted octanol–water partition coefficient (Wildman–Crippen LogP) is 2.98. The zero-order valence-corrected chi connectivity index (χ0v) is 32.1. The maximum absolute atomic E-state index is 11.4. The molecule has 0 bridgehead atoms. The van der Waals surface area contributed by atoms with E-state index in [2.05, 4.69) is 0 Å². The molecule has 44 heavy (non-hydrogen) atoms. The maximum atomic E-state index is 11.4. The third kappa shape index (κ3) is 8.94. The van der Waals surface area contributed by atoms with Crippen LogP contribution in [0.15, 0.2) is 42.2 Å². The van der Waals surface area contributed by atoms with Crippen LogP contribution in [0, 0.1) is 0 Å². The third-order valence-electron chi connectivity index (χ3n) is 6.99. The van der Waals surface area contributed by atoms with Gasteiger partial charge in [0.05, 0.1) is 60.4 Å². The summed E-state index contributed by atoms with van der Waals surface area (Å²) in [6.07, 6.45) is 5.81. The molecule has 4 rings (SSSR count). The number of imidazole rings is 1. The molecule has 0 radical (unpaired) electrons. The van der Waals surface area contributed by atoms with Gasteiger partial charge >= 0.3 is 51.4 Å². The first kappa shape index (κ1) is 38.1. The predicted molar refractivity (Wildman–Crippen MR) is 172 cm³/mol. The Morgan fingerprint density at radius 1 is 0.864 bits per heavy atom. The van der Waals surface area contributed by atoms with Gasteiger partial charge in [-0.3, -0.25) is 4.55 Å². The van der Waals surface area contributed by atoms with E-state index in [4.69, 9.17) is 46.4 Å².